The molecule has 0 radical (unpaired) electrons. The highest BCUT2D eigenvalue weighted by molar-refractivity contribution is 7.90. The molecule has 9 nitrogen and oxygen atoms in total. The van der Waals surface area contributed by atoms with Crippen molar-refractivity contribution in [3.8, 4) is 0 Å². The summed E-state index contributed by atoms with van der Waals surface area (Å²) in [6, 6.07) is 11.6. The number of sulfonamides is 2. The fraction of sp³-hybridized carbons (Fsp3) is 0.190. The summed E-state index contributed by atoms with van der Waals surface area (Å²) in [6.45, 7) is -0.654. The second-order valence-corrected chi connectivity index (χ2v) is 12.1. The first-order chi connectivity index (χ1) is 16.4. The average Bonchev–Trinajstić information content (AvgIpc) is 2.77. The van der Waals surface area contributed by atoms with Crippen molar-refractivity contribution in [2.75, 3.05) is 18.1 Å². The molecule has 0 saturated carbocycles. The number of hydroxylamine groups is 1. The molecule has 2 rings (SSSR count). The van der Waals surface area contributed by atoms with Gasteiger partial charge in [0.05, 0.1) is 5.75 Å². The van der Waals surface area contributed by atoms with E-state index >= 15 is 0 Å². The highest BCUT2D eigenvalue weighted by atomic mass is 35.5. The zero-order chi connectivity index (χ0) is 26.1. The molecule has 0 aliphatic carbocycles. The Balaban J connectivity index is 2.01. The number of benzene rings is 2. The van der Waals surface area contributed by atoms with E-state index in [-0.39, 0.29) is 5.03 Å². The predicted molar refractivity (Wildman–Crippen MR) is 138 cm³/mol. The van der Waals surface area contributed by atoms with E-state index in [1.165, 1.54) is 17.6 Å². The lowest BCUT2D eigenvalue weighted by atomic mass is 10.2. The third-order valence-corrected chi connectivity index (χ3v) is 7.71. The molecule has 1 atom stereocenters. The molecule has 0 heterocycles. The number of carbonyl (C=O) groups is 1. The maximum absolute atomic E-state index is 12.5. The van der Waals surface area contributed by atoms with Gasteiger partial charge in [-0.3, -0.25) is 10.0 Å². The Morgan fingerprint density at radius 3 is 2.29 bits per heavy atom. The average molecular weight is 583 g/mol. The van der Waals surface area contributed by atoms with Crippen LogP contribution < -0.4 is 14.9 Å². The molecule has 1 unspecified atom stereocenters. The molecule has 14 heteroatoms. The Morgan fingerprint density at radius 1 is 0.971 bits per heavy atom. The molecule has 0 spiro atoms. The highest BCUT2D eigenvalue weighted by Gasteiger charge is 2.26. The normalized spacial score (nSPS) is 13.7. The van der Waals surface area contributed by atoms with Crippen molar-refractivity contribution in [3.63, 3.8) is 0 Å². The molecule has 4 N–H and O–H groups in total. The molecular formula is C21H22Cl3N3O6S2. The van der Waals surface area contributed by atoms with E-state index in [1.54, 1.807) is 54.6 Å². The summed E-state index contributed by atoms with van der Waals surface area (Å²) < 4.78 is 53.7. The fourth-order valence-electron chi connectivity index (χ4n) is 2.68. The van der Waals surface area contributed by atoms with Crippen LogP contribution in [0.2, 0.25) is 10.0 Å². The molecule has 190 valence electrons. The van der Waals surface area contributed by atoms with Gasteiger partial charge < -0.3 is 0 Å². The van der Waals surface area contributed by atoms with Crippen LogP contribution in [0.5, 0.6) is 0 Å². The summed E-state index contributed by atoms with van der Waals surface area (Å²) in [6.07, 6.45) is 4.31. The van der Waals surface area contributed by atoms with Crippen molar-refractivity contribution in [1.29, 1.82) is 0 Å². The van der Waals surface area contributed by atoms with Crippen molar-refractivity contribution >= 4 is 72.9 Å². The second-order valence-electron chi connectivity index (χ2n) is 7.14. The van der Waals surface area contributed by atoms with Crippen LogP contribution >= 0.6 is 34.8 Å². The first-order valence-electron chi connectivity index (χ1n) is 9.84. The Bertz CT molecular complexity index is 1300. The van der Waals surface area contributed by atoms with Crippen LogP contribution in [0.3, 0.4) is 0 Å². The Morgan fingerprint density at radius 2 is 1.66 bits per heavy atom. The Kier molecular flexibility index (Phi) is 11.2. The van der Waals surface area contributed by atoms with E-state index in [1.807, 2.05) is 4.72 Å². The zero-order valence-electron chi connectivity index (χ0n) is 18.0. The molecule has 0 bridgehead atoms. The molecule has 0 aliphatic heterocycles. The summed E-state index contributed by atoms with van der Waals surface area (Å²) >= 11 is 17.7. The number of hydrogen-bond donors (Lipinski definition) is 4. The van der Waals surface area contributed by atoms with Gasteiger partial charge in [-0.05, 0) is 41.5 Å². The van der Waals surface area contributed by atoms with Crippen molar-refractivity contribution in [2.24, 2.45) is 0 Å². The molecule has 0 fully saturated rings. The van der Waals surface area contributed by atoms with E-state index in [9.17, 15) is 21.6 Å². The van der Waals surface area contributed by atoms with Crippen molar-refractivity contribution in [1.82, 2.24) is 14.9 Å². The fourth-order valence-corrected chi connectivity index (χ4v) is 5.60. The van der Waals surface area contributed by atoms with E-state index in [2.05, 4.69) is 4.72 Å². The maximum Gasteiger partial charge on any atom is 0.262 e. The number of amides is 1. The number of rotatable bonds is 12. The summed E-state index contributed by atoms with van der Waals surface area (Å²) in [7, 11) is -8.13. The van der Waals surface area contributed by atoms with E-state index in [0.29, 0.717) is 15.6 Å². The van der Waals surface area contributed by atoms with Crippen molar-refractivity contribution in [3.05, 3.63) is 80.8 Å². The quantitative estimate of drug-likeness (QED) is 0.224. The van der Waals surface area contributed by atoms with Gasteiger partial charge in [0.15, 0.2) is 0 Å². The molecule has 0 saturated heterocycles. The topological polar surface area (TPSA) is 142 Å². The third kappa shape index (κ3) is 11.1. The number of hydrogen-bond acceptors (Lipinski definition) is 6. The van der Waals surface area contributed by atoms with Gasteiger partial charge in [-0.2, -0.15) is 0 Å². The minimum absolute atomic E-state index is 0.0872. The highest BCUT2D eigenvalue weighted by Crippen LogP contribution is 2.16. The number of halogens is 3. The van der Waals surface area contributed by atoms with E-state index in [0.717, 1.165) is 5.56 Å². The van der Waals surface area contributed by atoms with Crippen molar-refractivity contribution < 1.29 is 26.8 Å². The monoisotopic (exact) mass is 581 g/mol. The molecular weight excluding hydrogens is 561 g/mol. The minimum atomic E-state index is -4.20. The van der Waals surface area contributed by atoms with Gasteiger partial charge in [0, 0.05) is 21.6 Å². The van der Waals surface area contributed by atoms with Crippen LogP contribution in [0.1, 0.15) is 11.1 Å². The van der Waals surface area contributed by atoms with Gasteiger partial charge in [0.2, 0.25) is 20.0 Å². The van der Waals surface area contributed by atoms with Crippen LogP contribution in [-0.2, 0) is 24.8 Å². The first-order valence-corrected chi connectivity index (χ1v) is 14.3. The van der Waals surface area contributed by atoms with Gasteiger partial charge >= 0.3 is 0 Å². The second kappa shape index (κ2) is 13.4. The SMILES string of the molecule is O=C(NO)C(CNS(=O)(=O)CC=Cc1ccc(Cl)cc1)NS(=O)(=O)CC(Cl)=Cc1cccc(Cl)c1. The summed E-state index contributed by atoms with van der Waals surface area (Å²) in [5.41, 5.74) is 2.58. The van der Waals surface area contributed by atoms with Gasteiger partial charge in [-0.15, -0.1) is 0 Å². The Labute approximate surface area is 218 Å². The van der Waals surface area contributed by atoms with Gasteiger partial charge in [-0.1, -0.05) is 71.2 Å². The summed E-state index contributed by atoms with van der Waals surface area (Å²) in [5.74, 6) is -2.31. The largest absolute Gasteiger partial charge is 0.289 e. The molecule has 1 amide bonds. The zero-order valence-corrected chi connectivity index (χ0v) is 21.9. The standard InChI is InChI=1S/C21H22Cl3N3O6S2/c22-17-8-6-15(7-9-17)4-2-10-34(30,31)25-13-20(21(28)26-29)27-35(32,33)14-19(24)12-16-3-1-5-18(23)11-16/h1-9,11-12,20,25,27,29H,10,13-14H2,(H,26,28). The van der Waals surface area contributed by atoms with Crippen LogP contribution in [0.4, 0.5) is 0 Å². The summed E-state index contributed by atoms with van der Waals surface area (Å²) in [5, 5.41) is 9.82. The Hall–Kier alpha value is -1.96. The van der Waals surface area contributed by atoms with Gasteiger partial charge in [-0.25, -0.2) is 31.8 Å². The van der Waals surface area contributed by atoms with E-state index in [4.69, 9.17) is 40.0 Å². The molecule has 0 aliphatic rings. The first kappa shape index (κ1) is 29.3. The van der Waals surface area contributed by atoms with Crippen LogP contribution in [0.15, 0.2) is 59.6 Å². The smallest absolute Gasteiger partial charge is 0.262 e. The lowest BCUT2D eigenvalue weighted by Gasteiger charge is -2.17. The lowest BCUT2D eigenvalue weighted by molar-refractivity contribution is -0.130. The molecule has 0 aromatic heterocycles. The third-order valence-electron chi connectivity index (χ3n) is 4.25. The maximum atomic E-state index is 12.5. The molecule has 2 aromatic rings. The number of carbonyl (C=O) groups excluding carboxylic acids is 1. The van der Waals surface area contributed by atoms with Crippen molar-refractivity contribution in [2.45, 2.75) is 6.04 Å². The van der Waals surface area contributed by atoms with Crippen LogP contribution in [-0.4, -0.2) is 52.0 Å². The van der Waals surface area contributed by atoms with Crippen LogP contribution in [0.25, 0.3) is 12.2 Å². The molecule has 2 aromatic carbocycles. The van der Waals surface area contributed by atoms with Gasteiger partial charge in [0.25, 0.3) is 5.91 Å². The van der Waals surface area contributed by atoms with Gasteiger partial charge in [0.1, 0.15) is 11.8 Å². The molecule has 35 heavy (non-hydrogen) atoms. The minimum Gasteiger partial charge on any atom is -0.289 e. The number of nitrogens with one attached hydrogen (secondary N) is 3. The predicted octanol–water partition coefficient (Wildman–Crippen LogP) is 3.00. The van der Waals surface area contributed by atoms with E-state index < -0.39 is 50.0 Å². The lowest BCUT2D eigenvalue weighted by Crippen LogP contribution is -2.52. The van der Waals surface area contributed by atoms with Crippen LogP contribution in [0, 0.1) is 0 Å². The summed E-state index contributed by atoms with van der Waals surface area (Å²) in [4.78, 5) is 11.9.